The highest BCUT2D eigenvalue weighted by molar-refractivity contribution is 6.04. The third-order valence-electron chi connectivity index (χ3n) is 2.62. The van der Waals surface area contributed by atoms with Crippen molar-refractivity contribution < 1.29 is 19.8 Å². The third kappa shape index (κ3) is 1.01. The number of nitrogens with zero attached hydrogens (tertiary/aromatic N) is 1. The van der Waals surface area contributed by atoms with Gasteiger partial charge in [0, 0.05) is 18.2 Å². The molecule has 1 aliphatic rings. The summed E-state index contributed by atoms with van der Waals surface area (Å²) in [5.74, 6) is -1.95. The number of carboxylic acid groups (broad SMARTS) is 1. The monoisotopic (exact) mass is 207 g/mol. The number of benzene rings is 1. The molecule has 15 heavy (non-hydrogen) atoms. The first kappa shape index (κ1) is 9.67. The molecule has 2 N–H and O–H groups in total. The highest BCUT2D eigenvalue weighted by Gasteiger charge is 2.52. The summed E-state index contributed by atoms with van der Waals surface area (Å²) in [5.41, 5.74) is -1.90. The van der Waals surface area contributed by atoms with Crippen molar-refractivity contribution in [2.24, 2.45) is 0 Å². The molecule has 5 heteroatoms. The number of carboxylic acids is 1. The molecule has 1 aromatic rings. The van der Waals surface area contributed by atoms with Crippen LogP contribution in [0.1, 0.15) is 15.9 Å². The number of aliphatic carboxylic acids is 1. The van der Waals surface area contributed by atoms with Crippen molar-refractivity contribution in [1.29, 1.82) is 0 Å². The van der Waals surface area contributed by atoms with Crippen LogP contribution in [0.5, 0.6) is 0 Å². The zero-order chi connectivity index (χ0) is 11.2. The second-order valence-corrected chi connectivity index (χ2v) is 3.39. The average Bonchev–Trinajstić information content (AvgIpc) is 2.43. The van der Waals surface area contributed by atoms with Gasteiger partial charge in [0.1, 0.15) is 0 Å². The van der Waals surface area contributed by atoms with Crippen molar-refractivity contribution in [3.63, 3.8) is 0 Å². The van der Waals surface area contributed by atoms with Gasteiger partial charge in [0.15, 0.2) is 0 Å². The van der Waals surface area contributed by atoms with Crippen LogP contribution in [0.3, 0.4) is 0 Å². The lowest BCUT2D eigenvalue weighted by molar-refractivity contribution is -0.175. The summed E-state index contributed by atoms with van der Waals surface area (Å²) in [6.07, 6.45) is 0. The lowest BCUT2D eigenvalue weighted by atomic mass is 10.0. The Morgan fingerprint density at radius 3 is 2.60 bits per heavy atom. The Morgan fingerprint density at radius 2 is 2.00 bits per heavy atom. The Hall–Kier alpha value is -1.88. The minimum absolute atomic E-state index is 0.116. The van der Waals surface area contributed by atoms with E-state index in [4.69, 9.17) is 5.11 Å². The van der Waals surface area contributed by atoms with Crippen molar-refractivity contribution in [2.45, 2.75) is 5.72 Å². The molecule has 1 amide bonds. The van der Waals surface area contributed by atoms with Crippen molar-refractivity contribution in [2.75, 3.05) is 7.05 Å². The predicted molar refractivity (Wildman–Crippen MR) is 50.1 cm³/mol. The first-order valence-electron chi connectivity index (χ1n) is 4.33. The van der Waals surface area contributed by atoms with E-state index in [0.717, 1.165) is 4.90 Å². The lowest BCUT2D eigenvalue weighted by Gasteiger charge is -2.26. The number of amides is 1. The van der Waals surface area contributed by atoms with E-state index in [2.05, 4.69) is 0 Å². The molecule has 2 rings (SSSR count). The molecule has 1 unspecified atom stereocenters. The number of fused-ring (bicyclic) bond motifs is 1. The van der Waals surface area contributed by atoms with E-state index < -0.39 is 17.6 Å². The van der Waals surface area contributed by atoms with Gasteiger partial charge < -0.3 is 15.1 Å². The fourth-order valence-corrected chi connectivity index (χ4v) is 1.74. The van der Waals surface area contributed by atoms with E-state index in [1.54, 1.807) is 12.1 Å². The van der Waals surface area contributed by atoms with E-state index in [0.29, 0.717) is 0 Å². The summed E-state index contributed by atoms with van der Waals surface area (Å²) in [4.78, 5) is 23.4. The molecular formula is C10H9NO4. The Morgan fingerprint density at radius 1 is 1.40 bits per heavy atom. The van der Waals surface area contributed by atoms with Gasteiger partial charge in [-0.1, -0.05) is 18.2 Å². The molecule has 78 valence electrons. The number of carbonyl (C=O) groups is 2. The number of hydrogen-bond donors (Lipinski definition) is 2. The highest BCUT2D eigenvalue weighted by atomic mass is 16.4. The number of rotatable bonds is 1. The molecule has 0 aromatic heterocycles. The zero-order valence-electron chi connectivity index (χ0n) is 7.97. The molecule has 0 bridgehead atoms. The maximum atomic E-state index is 11.6. The van der Waals surface area contributed by atoms with Crippen molar-refractivity contribution in [3.05, 3.63) is 35.4 Å². The van der Waals surface area contributed by atoms with Gasteiger partial charge in [-0.05, 0) is 6.07 Å². The van der Waals surface area contributed by atoms with Gasteiger partial charge in [0.25, 0.3) is 11.6 Å². The summed E-state index contributed by atoms with van der Waals surface area (Å²) in [6, 6.07) is 6.14. The highest BCUT2D eigenvalue weighted by Crippen LogP contribution is 2.35. The summed E-state index contributed by atoms with van der Waals surface area (Å²) in [7, 11) is 1.26. The summed E-state index contributed by atoms with van der Waals surface area (Å²) < 4.78 is 0. The van der Waals surface area contributed by atoms with E-state index in [1.807, 2.05) is 0 Å². The molecule has 0 radical (unpaired) electrons. The maximum Gasteiger partial charge on any atom is 0.362 e. The molecule has 0 saturated carbocycles. The van der Waals surface area contributed by atoms with Crippen LogP contribution in [-0.4, -0.2) is 34.0 Å². The minimum Gasteiger partial charge on any atom is -0.477 e. The second kappa shape index (κ2) is 2.80. The first-order valence-corrected chi connectivity index (χ1v) is 4.33. The molecule has 1 heterocycles. The van der Waals surface area contributed by atoms with Gasteiger partial charge in [-0.2, -0.15) is 0 Å². The summed E-state index contributed by atoms with van der Waals surface area (Å²) in [6.45, 7) is 0. The second-order valence-electron chi connectivity index (χ2n) is 3.39. The van der Waals surface area contributed by atoms with E-state index in [-0.39, 0.29) is 11.1 Å². The lowest BCUT2D eigenvalue weighted by Crippen LogP contribution is -2.47. The number of likely N-dealkylation sites (N-methyl/N-ethyl adjacent to an activating group) is 1. The summed E-state index contributed by atoms with van der Waals surface area (Å²) in [5, 5.41) is 18.9. The normalized spacial score (nSPS) is 24.1. The van der Waals surface area contributed by atoms with Crippen LogP contribution in [0.15, 0.2) is 24.3 Å². The standard InChI is InChI=1S/C10H9NO4/c1-11-8(12)6-4-2-3-5-7(6)10(11,15)9(13)14/h2-5,15H,1H3,(H,13,14). The van der Waals surface area contributed by atoms with Crippen LogP contribution in [-0.2, 0) is 10.5 Å². The Bertz CT molecular complexity index is 456. The number of hydrogen-bond acceptors (Lipinski definition) is 3. The zero-order valence-corrected chi connectivity index (χ0v) is 7.97. The van der Waals surface area contributed by atoms with Gasteiger partial charge in [-0.15, -0.1) is 0 Å². The Labute approximate surface area is 85.6 Å². The van der Waals surface area contributed by atoms with Gasteiger partial charge in [0.2, 0.25) is 0 Å². The molecule has 1 atom stereocenters. The van der Waals surface area contributed by atoms with Gasteiger partial charge >= 0.3 is 5.97 Å². The molecule has 0 aliphatic carbocycles. The molecule has 0 fully saturated rings. The quantitative estimate of drug-likeness (QED) is 0.679. The van der Waals surface area contributed by atoms with Crippen molar-refractivity contribution >= 4 is 11.9 Å². The van der Waals surface area contributed by atoms with E-state index >= 15 is 0 Å². The number of aliphatic hydroxyl groups is 1. The smallest absolute Gasteiger partial charge is 0.362 e. The fourth-order valence-electron chi connectivity index (χ4n) is 1.74. The predicted octanol–water partition coefficient (Wildman–Crippen LogP) is 0.00190. The van der Waals surface area contributed by atoms with Crippen LogP contribution in [0, 0.1) is 0 Å². The SMILES string of the molecule is CN1C(=O)c2ccccc2C1(O)C(=O)O. The van der Waals surface area contributed by atoms with Crippen molar-refractivity contribution in [1.82, 2.24) is 4.90 Å². The summed E-state index contributed by atoms with van der Waals surface area (Å²) >= 11 is 0. The van der Waals surface area contributed by atoms with Crippen LogP contribution in [0.4, 0.5) is 0 Å². The van der Waals surface area contributed by atoms with Crippen molar-refractivity contribution in [3.8, 4) is 0 Å². The molecule has 0 saturated heterocycles. The molecular weight excluding hydrogens is 198 g/mol. The number of carbonyl (C=O) groups excluding carboxylic acids is 1. The van der Waals surface area contributed by atoms with Crippen LogP contribution in [0.25, 0.3) is 0 Å². The van der Waals surface area contributed by atoms with Crippen LogP contribution >= 0.6 is 0 Å². The van der Waals surface area contributed by atoms with E-state index in [9.17, 15) is 14.7 Å². The fraction of sp³-hybridized carbons (Fsp3) is 0.200. The average molecular weight is 207 g/mol. The molecule has 1 aliphatic heterocycles. The topological polar surface area (TPSA) is 77.8 Å². The van der Waals surface area contributed by atoms with Gasteiger partial charge in [0.05, 0.1) is 0 Å². The van der Waals surface area contributed by atoms with Gasteiger partial charge in [-0.25, -0.2) is 4.79 Å². The van der Waals surface area contributed by atoms with Gasteiger partial charge in [-0.3, -0.25) is 4.79 Å². The maximum absolute atomic E-state index is 11.6. The molecule has 1 aromatic carbocycles. The Kier molecular flexibility index (Phi) is 1.81. The van der Waals surface area contributed by atoms with Crippen LogP contribution < -0.4 is 0 Å². The Balaban J connectivity index is 2.71. The third-order valence-corrected chi connectivity index (χ3v) is 2.62. The van der Waals surface area contributed by atoms with Crippen LogP contribution in [0.2, 0.25) is 0 Å². The molecule has 5 nitrogen and oxygen atoms in total. The molecule has 0 spiro atoms. The van der Waals surface area contributed by atoms with E-state index in [1.165, 1.54) is 19.2 Å². The largest absolute Gasteiger partial charge is 0.477 e. The minimum atomic E-state index is -2.24. The first-order chi connectivity index (χ1) is 6.99.